The first-order valence-electron chi connectivity index (χ1n) is 6.42. The molecule has 19 heavy (non-hydrogen) atoms. The maximum Gasteiger partial charge on any atom is 0.185 e. The highest BCUT2D eigenvalue weighted by molar-refractivity contribution is 9.10. The molecule has 0 spiro atoms. The zero-order valence-electron chi connectivity index (χ0n) is 10.8. The van der Waals surface area contributed by atoms with Crippen molar-refractivity contribution in [1.82, 2.24) is 25.5 Å². The van der Waals surface area contributed by atoms with Crippen LogP contribution in [0, 0.1) is 0 Å². The van der Waals surface area contributed by atoms with Gasteiger partial charge in [-0.1, -0.05) is 34.1 Å². The molecular weight excluding hydrogens is 306 g/mol. The van der Waals surface area contributed by atoms with Gasteiger partial charge in [0.05, 0.1) is 12.5 Å². The van der Waals surface area contributed by atoms with Gasteiger partial charge in [-0.2, -0.15) is 4.80 Å². The van der Waals surface area contributed by atoms with E-state index in [1.165, 1.54) is 10.4 Å². The first-order chi connectivity index (χ1) is 9.22. The number of nitrogens with zero attached hydrogens (tertiary/aromatic N) is 4. The van der Waals surface area contributed by atoms with E-state index >= 15 is 0 Å². The summed E-state index contributed by atoms with van der Waals surface area (Å²) in [6, 6.07) is 8.34. The summed E-state index contributed by atoms with van der Waals surface area (Å²) in [5.41, 5.74) is 1.11. The lowest BCUT2D eigenvalue weighted by atomic mass is 9.72. The molecule has 6 heteroatoms. The standard InChI is InChI=1S/C13H16BrN5/c1-19-17-12(16-18-19)13(6-8-15-9-7-13)10-4-2-3-5-11(10)14/h2-5,15H,6-9H2,1H3. The Morgan fingerprint density at radius 1 is 1.26 bits per heavy atom. The highest BCUT2D eigenvalue weighted by Gasteiger charge is 2.40. The van der Waals surface area contributed by atoms with Crippen LogP contribution in [0.1, 0.15) is 24.2 Å². The SMILES string of the molecule is Cn1nnc(C2(c3ccccc3Br)CCNCC2)n1. The Bertz CT molecular complexity index is 574. The maximum absolute atomic E-state index is 4.47. The van der Waals surface area contributed by atoms with Crippen LogP contribution in [0.4, 0.5) is 0 Å². The van der Waals surface area contributed by atoms with Crippen LogP contribution in [-0.4, -0.2) is 33.3 Å². The number of tetrazole rings is 1. The van der Waals surface area contributed by atoms with Gasteiger partial charge in [0.2, 0.25) is 0 Å². The van der Waals surface area contributed by atoms with E-state index in [1.807, 2.05) is 13.1 Å². The molecule has 2 heterocycles. The van der Waals surface area contributed by atoms with E-state index in [0.29, 0.717) is 0 Å². The molecule has 1 aromatic heterocycles. The monoisotopic (exact) mass is 321 g/mol. The lowest BCUT2D eigenvalue weighted by molar-refractivity contribution is 0.343. The molecule has 5 nitrogen and oxygen atoms in total. The molecule has 0 radical (unpaired) electrons. The molecular formula is C13H16BrN5. The molecule has 1 fully saturated rings. The molecule has 1 aliphatic rings. The predicted octanol–water partition coefficient (Wildman–Crippen LogP) is 1.64. The van der Waals surface area contributed by atoms with Crippen LogP contribution >= 0.6 is 15.9 Å². The highest BCUT2D eigenvalue weighted by atomic mass is 79.9. The van der Waals surface area contributed by atoms with Crippen molar-refractivity contribution in [3.05, 3.63) is 40.1 Å². The molecule has 3 rings (SSSR count). The van der Waals surface area contributed by atoms with Gasteiger partial charge in [0.1, 0.15) is 0 Å². The first-order valence-corrected chi connectivity index (χ1v) is 7.22. The number of aryl methyl sites for hydroxylation is 1. The van der Waals surface area contributed by atoms with E-state index in [0.717, 1.165) is 36.2 Å². The molecule has 100 valence electrons. The number of hydrogen-bond acceptors (Lipinski definition) is 4. The molecule has 0 bridgehead atoms. The summed E-state index contributed by atoms with van der Waals surface area (Å²) in [5, 5.41) is 16.2. The van der Waals surface area contributed by atoms with Gasteiger partial charge in [-0.3, -0.25) is 0 Å². The van der Waals surface area contributed by atoms with E-state index in [9.17, 15) is 0 Å². The quantitative estimate of drug-likeness (QED) is 0.913. The number of aromatic nitrogens is 4. The largest absolute Gasteiger partial charge is 0.317 e. The number of hydrogen-bond donors (Lipinski definition) is 1. The minimum absolute atomic E-state index is 0.139. The fourth-order valence-corrected chi connectivity index (χ4v) is 3.46. The van der Waals surface area contributed by atoms with E-state index in [4.69, 9.17) is 0 Å². The average molecular weight is 322 g/mol. The van der Waals surface area contributed by atoms with Gasteiger partial charge in [-0.05, 0) is 42.8 Å². The van der Waals surface area contributed by atoms with Crippen LogP contribution in [-0.2, 0) is 12.5 Å². The van der Waals surface area contributed by atoms with E-state index < -0.39 is 0 Å². The van der Waals surface area contributed by atoms with Gasteiger partial charge < -0.3 is 5.32 Å². The summed E-state index contributed by atoms with van der Waals surface area (Å²) in [5.74, 6) is 0.823. The summed E-state index contributed by atoms with van der Waals surface area (Å²) >= 11 is 3.67. The predicted molar refractivity (Wildman–Crippen MR) is 75.8 cm³/mol. The van der Waals surface area contributed by atoms with Crippen molar-refractivity contribution in [2.24, 2.45) is 7.05 Å². The molecule has 1 aromatic carbocycles. The van der Waals surface area contributed by atoms with E-state index in [2.05, 4.69) is 54.9 Å². The van der Waals surface area contributed by atoms with Crippen LogP contribution in [0.3, 0.4) is 0 Å². The fraction of sp³-hybridized carbons (Fsp3) is 0.462. The second-order valence-electron chi connectivity index (χ2n) is 4.91. The molecule has 0 saturated carbocycles. The Morgan fingerprint density at radius 3 is 2.63 bits per heavy atom. The summed E-state index contributed by atoms with van der Waals surface area (Å²) in [6.45, 7) is 1.94. The second kappa shape index (κ2) is 5.02. The second-order valence-corrected chi connectivity index (χ2v) is 5.77. The number of benzene rings is 1. The fourth-order valence-electron chi connectivity index (χ4n) is 2.79. The lowest BCUT2D eigenvalue weighted by Crippen LogP contribution is -2.41. The molecule has 1 saturated heterocycles. The molecule has 0 unspecified atom stereocenters. The van der Waals surface area contributed by atoms with Crippen LogP contribution in [0.25, 0.3) is 0 Å². The molecule has 1 N–H and O–H groups in total. The van der Waals surface area contributed by atoms with Crippen LogP contribution in [0.2, 0.25) is 0 Å². The van der Waals surface area contributed by atoms with E-state index in [-0.39, 0.29) is 5.41 Å². The van der Waals surface area contributed by atoms with Crippen molar-refractivity contribution in [2.75, 3.05) is 13.1 Å². The Hall–Kier alpha value is -1.27. The number of rotatable bonds is 2. The van der Waals surface area contributed by atoms with Crippen LogP contribution < -0.4 is 5.32 Å². The number of halogens is 1. The molecule has 1 aliphatic heterocycles. The van der Waals surface area contributed by atoms with Gasteiger partial charge in [0.25, 0.3) is 0 Å². The van der Waals surface area contributed by atoms with Gasteiger partial charge in [-0.15, -0.1) is 10.2 Å². The summed E-state index contributed by atoms with van der Waals surface area (Å²) in [6.07, 6.45) is 1.97. The van der Waals surface area contributed by atoms with Crippen molar-refractivity contribution >= 4 is 15.9 Å². The average Bonchev–Trinajstić information content (AvgIpc) is 2.87. The Labute approximate surface area is 120 Å². The van der Waals surface area contributed by atoms with Gasteiger partial charge in [0.15, 0.2) is 5.82 Å². The van der Waals surface area contributed by atoms with Crippen molar-refractivity contribution in [3.8, 4) is 0 Å². The molecule has 0 amide bonds. The third kappa shape index (κ3) is 2.19. The Balaban J connectivity index is 2.14. The zero-order valence-corrected chi connectivity index (χ0v) is 12.4. The smallest absolute Gasteiger partial charge is 0.185 e. The zero-order chi connectivity index (χ0) is 13.3. The Morgan fingerprint density at radius 2 is 2.00 bits per heavy atom. The lowest BCUT2D eigenvalue weighted by Gasteiger charge is -2.36. The molecule has 0 aliphatic carbocycles. The minimum Gasteiger partial charge on any atom is -0.317 e. The number of nitrogens with one attached hydrogen (secondary N) is 1. The van der Waals surface area contributed by atoms with Crippen molar-refractivity contribution in [3.63, 3.8) is 0 Å². The number of piperidine rings is 1. The van der Waals surface area contributed by atoms with Gasteiger partial charge in [0, 0.05) is 4.47 Å². The van der Waals surface area contributed by atoms with Crippen molar-refractivity contribution < 1.29 is 0 Å². The Kier molecular flexibility index (Phi) is 3.36. The summed E-state index contributed by atoms with van der Waals surface area (Å²) < 4.78 is 1.12. The maximum atomic E-state index is 4.47. The summed E-state index contributed by atoms with van der Waals surface area (Å²) in [4.78, 5) is 1.54. The summed E-state index contributed by atoms with van der Waals surface area (Å²) in [7, 11) is 1.81. The van der Waals surface area contributed by atoms with Crippen LogP contribution in [0.15, 0.2) is 28.7 Å². The topological polar surface area (TPSA) is 55.6 Å². The van der Waals surface area contributed by atoms with Crippen molar-refractivity contribution in [1.29, 1.82) is 0 Å². The molecule has 2 aromatic rings. The van der Waals surface area contributed by atoms with E-state index in [1.54, 1.807) is 0 Å². The van der Waals surface area contributed by atoms with Crippen molar-refractivity contribution in [2.45, 2.75) is 18.3 Å². The van der Waals surface area contributed by atoms with Gasteiger partial charge in [-0.25, -0.2) is 0 Å². The van der Waals surface area contributed by atoms with Crippen LogP contribution in [0.5, 0.6) is 0 Å². The highest BCUT2D eigenvalue weighted by Crippen LogP contribution is 2.41. The molecule has 0 atom stereocenters. The normalized spacial score (nSPS) is 18.4. The minimum atomic E-state index is -0.139. The van der Waals surface area contributed by atoms with Gasteiger partial charge >= 0.3 is 0 Å². The third-order valence-electron chi connectivity index (χ3n) is 3.78. The first kappa shape index (κ1) is 12.7. The third-order valence-corrected chi connectivity index (χ3v) is 4.47.